The van der Waals surface area contributed by atoms with Crippen molar-refractivity contribution >= 4 is 21.2 Å². The molecule has 1 aliphatic rings. The summed E-state index contributed by atoms with van der Waals surface area (Å²) >= 11 is 0. The van der Waals surface area contributed by atoms with Crippen molar-refractivity contribution in [1.82, 2.24) is 4.90 Å². The number of sulfone groups is 1. The zero-order chi connectivity index (χ0) is 21.9. The van der Waals surface area contributed by atoms with Gasteiger partial charge in [0.1, 0.15) is 5.69 Å². The number of alkyl halides is 2. The predicted octanol–water partition coefficient (Wildman–Crippen LogP) is 3.69. The predicted molar refractivity (Wildman–Crippen MR) is 109 cm³/mol. The van der Waals surface area contributed by atoms with Gasteiger partial charge in [0, 0.05) is 38.3 Å². The largest absolute Gasteiger partial charge is 0.362 e. The van der Waals surface area contributed by atoms with Crippen LogP contribution >= 0.6 is 0 Å². The second-order valence-corrected chi connectivity index (χ2v) is 9.25. The Hall–Kier alpha value is -2.59. The Balaban J connectivity index is 1.86. The zero-order valence-electron chi connectivity index (χ0n) is 16.4. The fourth-order valence-corrected chi connectivity index (χ4v) is 4.50. The van der Waals surface area contributed by atoms with Crippen LogP contribution in [0.3, 0.4) is 0 Å². The number of nitro groups is 1. The van der Waals surface area contributed by atoms with E-state index in [0.717, 1.165) is 31.6 Å². The molecule has 0 aliphatic carbocycles. The van der Waals surface area contributed by atoms with Crippen molar-refractivity contribution in [3.05, 3.63) is 64.2 Å². The van der Waals surface area contributed by atoms with Gasteiger partial charge in [-0.15, -0.1) is 0 Å². The molecule has 1 heterocycles. The third-order valence-corrected chi connectivity index (χ3v) is 6.57. The molecular formula is C20H23F2N3O4S. The molecule has 2 aromatic carbocycles. The molecule has 1 atom stereocenters. The van der Waals surface area contributed by atoms with Crippen molar-refractivity contribution in [1.29, 1.82) is 0 Å². The van der Waals surface area contributed by atoms with E-state index >= 15 is 0 Å². The van der Waals surface area contributed by atoms with Crippen LogP contribution in [-0.4, -0.2) is 49.7 Å². The van der Waals surface area contributed by atoms with Gasteiger partial charge in [0.2, 0.25) is 9.84 Å². The Morgan fingerprint density at radius 1 is 1.17 bits per heavy atom. The van der Waals surface area contributed by atoms with Gasteiger partial charge >= 0.3 is 5.76 Å². The molecule has 3 rings (SSSR count). The summed E-state index contributed by atoms with van der Waals surface area (Å²) in [5.74, 6) is -3.63. The van der Waals surface area contributed by atoms with E-state index < -0.39 is 31.1 Å². The smallest absolute Gasteiger partial charge is 0.341 e. The Morgan fingerprint density at radius 3 is 2.50 bits per heavy atom. The Kier molecular flexibility index (Phi) is 6.67. The van der Waals surface area contributed by atoms with Crippen LogP contribution in [0.5, 0.6) is 0 Å². The highest BCUT2D eigenvalue weighted by Gasteiger charge is 2.32. The van der Waals surface area contributed by atoms with Crippen LogP contribution in [-0.2, 0) is 16.4 Å². The molecule has 0 amide bonds. The first-order valence-corrected chi connectivity index (χ1v) is 11.1. The molecule has 0 radical (unpaired) electrons. The minimum absolute atomic E-state index is 0.0903. The third-order valence-electron chi connectivity index (χ3n) is 5.19. The third kappa shape index (κ3) is 4.76. The highest BCUT2D eigenvalue weighted by molar-refractivity contribution is 7.91. The fraction of sp³-hybridized carbons (Fsp3) is 0.400. The maximum Gasteiger partial charge on any atom is 0.341 e. The van der Waals surface area contributed by atoms with Crippen LogP contribution in [0.25, 0.3) is 0 Å². The average Bonchev–Trinajstić information content (AvgIpc) is 2.88. The standard InChI is InChI=1S/C20H23F2N3O4S/c1-15-13-23(14-16-6-3-2-4-7-16)10-5-11-24(15)18-9-8-17(12-19(18)25(26)27)30(28,29)20(21)22/h2-4,6-9,12,15,20H,5,10-11,13-14H2,1H3. The lowest BCUT2D eigenvalue weighted by molar-refractivity contribution is -0.384. The number of hydrogen-bond acceptors (Lipinski definition) is 6. The molecule has 30 heavy (non-hydrogen) atoms. The zero-order valence-corrected chi connectivity index (χ0v) is 17.3. The quantitative estimate of drug-likeness (QED) is 0.504. The van der Waals surface area contributed by atoms with Crippen LogP contribution in [0, 0.1) is 10.1 Å². The Labute approximate surface area is 174 Å². The van der Waals surface area contributed by atoms with E-state index in [4.69, 9.17) is 0 Å². The monoisotopic (exact) mass is 439 g/mol. The fourth-order valence-electron chi connectivity index (χ4n) is 3.76. The molecule has 10 heteroatoms. The van der Waals surface area contributed by atoms with Gasteiger partial charge in [-0.25, -0.2) is 8.42 Å². The lowest BCUT2D eigenvalue weighted by atomic mass is 10.1. The number of benzene rings is 2. The van der Waals surface area contributed by atoms with Gasteiger partial charge in [0.15, 0.2) is 0 Å². The lowest BCUT2D eigenvalue weighted by Gasteiger charge is -2.30. The summed E-state index contributed by atoms with van der Waals surface area (Å²) in [6.45, 7) is 4.70. The SMILES string of the molecule is CC1CN(Cc2ccccc2)CCCN1c1ccc(S(=O)(=O)C(F)F)cc1[N+](=O)[O-]. The lowest BCUT2D eigenvalue weighted by Crippen LogP contribution is -2.39. The van der Waals surface area contributed by atoms with E-state index in [2.05, 4.69) is 4.90 Å². The number of rotatable bonds is 6. The van der Waals surface area contributed by atoms with E-state index in [9.17, 15) is 27.3 Å². The highest BCUT2D eigenvalue weighted by atomic mass is 32.2. The van der Waals surface area contributed by atoms with E-state index in [0.29, 0.717) is 13.1 Å². The van der Waals surface area contributed by atoms with Crippen molar-refractivity contribution in [2.45, 2.75) is 36.6 Å². The Morgan fingerprint density at radius 2 is 1.87 bits per heavy atom. The molecule has 0 N–H and O–H groups in total. The van der Waals surface area contributed by atoms with Gasteiger partial charge in [-0.1, -0.05) is 30.3 Å². The molecular weight excluding hydrogens is 416 g/mol. The topological polar surface area (TPSA) is 83.8 Å². The molecule has 1 saturated heterocycles. The minimum Gasteiger partial charge on any atom is -0.362 e. The molecule has 0 bridgehead atoms. The number of hydrogen-bond donors (Lipinski definition) is 0. The van der Waals surface area contributed by atoms with Crippen molar-refractivity contribution in [2.75, 3.05) is 24.5 Å². The molecule has 162 valence electrons. The molecule has 1 unspecified atom stereocenters. The summed E-state index contributed by atoms with van der Waals surface area (Å²) in [4.78, 5) is 14.2. The minimum atomic E-state index is -4.91. The molecule has 0 aromatic heterocycles. The van der Waals surface area contributed by atoms with Crippen molar-refractivity contribution in [3.8, 4) is 0 Å². The maximum atomic E-state index is 12.9. The molecule has 1 aliphatic heterocycles. The van der Waals surface area contributed by atoms with Gasteiger partial charge in [0.25, 0.3) is 5.69 Å². The van der Waals surface area contributed by atoms with E-state index in [1.54, 1.807) is 0 Å². The molecule has 7 nitrogen and oxygen atoms in total. The van der Waals surface area contributed by atoms with Crippen LogP contribution in [0.15, 0.2) is 53.4 Å². The summed E-state index contributed by atoms with van der Waals surface area (Å²) in [7, 11) is -4.91. The van der Waals surface area contributed by atoms with Gasteiger partial charge in [0.05, 0.1) is 9.82 Å². The summed E-state index contributed by atoms with van der Waals surface area (Å²) < 4.78 is 49.2. The van der Waals surface area contributed by atoms with Crippen LogP contribution in [0.1, 0.15) is 18.9 Å². The number of halogens is 2. The first kappa shape index (κ1) is 22.1. The molecule has 0 saturated carbocycles. The maximum absolute atomic E-state index is 12.9. The van der Waals surface area contributed by atoms with Gasteiger partial charge < -0.3 is 4.90 Å². The number of nitrogens with zero attached hydrogens (tertiary/aromatic N) is 3. The van der Waals surface area contributed by atoms with E-state index in [-0.39, 0.29) is 11.7 Å². The second kappa shape index (κ2) is 9.05. The van der Waals surface area contributed by atoms with Crippen LogP contribution in [0.4, 0.5) is 20.2 Å². The summed E-state index contributed by atoms with van der Waals surface area (Å²) in [6.07, 6.45) is 0.755. The van der Waals surface area contributed by atoms with Crippen molar-refractivity contribution in [3.63, 3.8) is 0 Å². The van der Waals surface area contributed by atoms with Crippen LogP contribution in [0.2, 0.25) is 0 Å². The van der Waals surface area contributed by atoms with Gasteiger partial charge in [-0.3, -0.25) is 15.0 Å². The molecule has 0 spiro atoms. The van der Waals surface area contributed by atoms with Crippen molar-refractivity contribution in [2.24, 2.45) is 0 Å². The summed E-state index contributed by atoms with van der Waals surface area (Å²) in [5, 5.41) is 11.6. The molecule has 2 aromatic rings. The first-order valence-electron chi connectivity index (χ1n) is 9.53. The summed E-state index contributed by atoms with van der Waals surface area (Å²) in [5.41, 5.74) is 0.924. The molecule has 1 fully saturated rings. The second-order valence-electron chi connectivity index (χ2n) is 7.33. The van der Waals surface area contributed by atoms with Crippen molar-refractivity contribution < 1.29 is 22.1 Å². The normalized spacial score (nSPS) is 18.4. The van der Waals surface area contributed by atoms with E-state index in [1.807, 2.05) is 42.2 Å². The highest BCUT2D eigenvalue weighted by Crippen LogP contribution is 2.34. The average molecular weight is 439 g/mol. The summed E-state index contributed by atoms with van der Waals surface area (Å²) in [6, 6.07) is 12.9. The first-order chi connectivity index (χ1) is 14.2. The van der Waals surface area contributed by atoms with Gasteiger partial charge in [-0.2, -0.15) is 8.78 Å². The number of nitro benzene ring substituents is 1. The van der Waals surface area contributed by atoms with Crippen LogP contribution < -0.4 is 4.90 Å². The van der Waals surface area contributed by atoms with E-state index in [1.165, 1.54) is 11.6 Å². The Bertz CT molecular complexity index is 1000. The number of anilines is 1. The van der Waals surface area contributed by atoms with Gasteiger partial charge in [-0.05, 0) is 31.0 Å².